The first kappa shape index (κ1) is 17.9. The molecule has 0 spiro atoms. The van der Waals surface area contributed by atoms with Gasteiger partial charge in [0.05, 0.1) is 13.2 Å². The molecule has 3 N–H and O–H groups in total. The molecule has 118 valence electrons. The van der Waals surface area contributed by atoms with Crippen LogP contribution in [0.5, 0.6) is 11.5 Å². The monoisotopic (exact) mass is 405 g/mol. The van der Waals surface area contributed by atoms with Gasteiger partial charge in [0.1, 0.15) is 0 Å². The molecule has 1 aromatic carbocycles. The summed E-state index contributed by atoms with van der Waals surface area (Å²) < 4.78 is 5.36. The van der Waals surface area contributed by atoms with Gasteiger partial charge in [-0.1, -0.05) is 6.07 Å². The van der Waals surface area contributed by atoms with Crippen molar-refractivity contribution in [3.63, 3.8) is 0 Å². The Labute approximate surface area is 143 Å². The van der Waals surface area contributed by atoms with E-state index in [1.165, 1.54) is 19.3 Å². The zero-order chi connectivity index (χ0) is 14.4. The van der Waals surface area contributed by atoms with Gasteiger partial charge in [-0.25, -0.2) is 4.99 Å². The van der Waals surface area contributed by atoms with E-state index < -0.39 is 0 Å². The third-order valence-electron chi connectivity index (χ3n) is 3.43. The van der Waals surface area contributed by atoms with Crippen LogP contribution < -0.4 is 10.5 Å². The van der Waals surface area contributed by atoms with Crippen LogP contribution in [0.4, 0.5) is 0 Å². The van der Waals surface area contributed by atoms with E-state index in [9.17, 15) is 5.11 Å². The van der Waals surface area contributed by atoms with Gasteiger partial charge in [-0.15, -0.1) is 24.0 Å². The minimum Gasteiger partial charge on any atom is -0.504 e. The second-order valence-electron chi connectivity index (χ2n) is 4.96. The zero-order valence-electron chi connectivity index (χ0n) is 12.4. The first-order valence-corrected chi connectivity index (χ1v) is 7.20. The van der Waals surface area contributed by atoms with E-state index in [2.05, 4.69) is 9.89 Å². The van der Waals surface area contributed by atoms with Crippen LogP contribution >= 0.6 is 24.0 Å². The van der Waals surface area contributed by atoms with Gasteiger partial charge in [0.15, 0.2) is 17.5 Å². The molecule has 1 fully saturated rings. The van der Waals surface area contributed by atoms with Gasteiger partial charge in [-0.05, 0) is 43.9 Å². The number of guanidine groups is 1. The van der Waals surface area contributed by atoms with Crippen molar-refractivity contribution in [1.29, 1.82) is 0 Å². The molecule has 21 heavy (non-hydrogen) atoms. The van der Waals surface area contributed by atoms with Crippen molar-refractivity contribution in [1.82, 2.24) is 4.90 Å². The number of benzene rings is 1. The first-order valence-electron chi connectivity index (χ1n) is 7.20. The average molecular weight is 405 g/mol. The summed E-state index contributed by atoms with van der Waals surface area (Å²) in [5.74, 6) is 1.26. The third-order valence-corrected chi connectivity index (χ3v) is 3.43. The minimum absolute atomic E-state index is 0. The van der Waals surface area contributed by atoms with E-state index in [0.29, 0.717) is 24.9 Å². The lowest BCUT2D eigenvalue weighted by molar-refractivity contribution is 0.317. The largest absolute Gasteiger partial charge is 0.504 e. The average Bonchev–Trinajstić information content (AvgIpc) is 2.49. The number of hydrogen-bond acceptors (Lipinski definition) is 3. The summed E-state index contributed by atoms with van der Waals surface area (Å²) in [5, 5.41) is 9.65. The summed E-state index contributed by atoms with van der Waals surface area (Å²) in [6, 6.07) is 5.28. The van der Waals surface area contributed by atoms with Crippen molar-refractivity contribution >= 4 is 29.9 Å². The molecule has 0 bridgehead atoms. The summed E-state index contributed by atoms with van der Waals surface area (Å²) in [5.41, 5.74) is 7.00. The molecule has 6 heteroatoms. The van der Waals surface area contributed by atoms with E-state index in [1.807, 2.05) is 19.1 Å². The van der Waals surface area contributed by atoms with Crippen LogP contribution in [0, 0.1) is 0 Å². The molecule has 0 atom stereocenters. The number of halogens is 1. The van der Waals surface area contributed by atoms with Crippen LogP contribution in [-0.2, 0) is 6.54 Å². The minimum atomic E-state index is 0. The number of piperidine rings is 1. The van der Waals surface area contributed by atoms with Crippen LogP contribution in [0.3, 0.4) is 0 Å². The molecule has 0 amide bonds. The Morgan fingerprint density at radius 2 is 2.05 bits per heavy atom. The van der Waals surface area contributed by atoms with Crippen LogP contribution in [0.1, 0.15) is 31.7 Å². The SMILES string of the molecule is CCOc1cc(CN=C(N)N2CCCCC2)ccc1O.I. The Balaban J connectivity index is 0.00000220. The number of nitrogens with zero attached hydrogens (tertiary/aromatic N) is 2. The van der Waals surface area contributed by atoms with Crippen LogP contribution in [-0.4, -0.2) is 35.7 Å². The maximum atomic E-state index is 9.65. The van der Waals surface area contributed by atoms with Crippen molar-refractivity contribution in [3.05, 3.63) is 23.8 Å². The molecular weight excluding hydrogens is 381 g/mol. The van der Waals surface area contributed by atoms with Gasteiger partial charge in [0.2, 0.25) is 0 Å². The molecule has 1 heterocycles. The Kier molecular flexibility index (Phi) is 7.63. The third kappa shape index (κ3) is 5.26. The second-order valence-corrected chi connectivity index (χ2v) is 4.96. The van der Waals surface area contributed by atoms with Crippen molar-refractivity contribution in [2.45, 2.75) is 32.7 Å². The smallest absolute Gasteiger partial charge is 0.191 e. The predicted octanol–water partition coefficient (Wildman–Crippen LogP) is 2.71. The number of rotatable bonds is 4. The van der Waals surface area contributed by atoms with Crippen LogP contribution in [0.15, 0.2) is 23.2 Å². The number of hydrogen-bond donors (Lipinski definition) is 2. The van der Waals surface area contributed by atoms with E-state index in [4.69, 9.17) is 10.5 Å². The molecule has 5 nitrogen and oxygen atoms in total. The molecular formula is C15H24IN3O2. The molecule has 2 rings (SSSR count). The van der Waals surface area contributed by atoms with Gasteiger partial charge in [-0.3, -0.25) is 0 Å². The Bertz CT molecular complexity index is 474. The normalized spacial score (nSPS) is 15.5. The van der Waals surface area contributed by atoms with Gasteiger partial charge in [-0.2, -0.15) is 0 Å². The van der Waals surface area contributed by atoms with Gasteiger partial charge in [0, 0.05) is 13.1 Å². The van der Waals surface area contributed by atoms with E-state index >= 15 is 0 Å². The number of phenolic OH excluding ortho intramolecular Hbond substituents is 1. The van der Waals surface area contributed by atoms with Crippen molar-refractivity contribution in [2.24, 2.45) is 10.7 Å². The zero-order valence-corrected chi connectivity index (χ0v) is 14.7. The maximum absolute atomic E-state index is 9.65. The fourth-order valence-electron chi connectivity index (χ4n) is 2.32. The molecule has 1 aliphatic heterocycles. The fourth-order valence-corrected chi connectivity index (χ4v) is 2.32. The molecule has 1 aromatic rings. The summed E-state index contributed by atoms with van der Waals surface area (Å²) in [6.45, 7) is 4.90. The summed E-state index contributed by atoms with van der Waals surface area (Å²) in [4.78, 5) is 6.56. The van der Waals surface area contributed by atoms with Crippen molar-refractivity contribution in [3.8, 4) is 11.5 Å². The number of aliphatic imine (C=N–C) groups is 1. The van der Waals surface area contributed by atoms with E-state index in [0.717, 1.165) is 18.7 Å². The number of ether oxygens (including phenoxy) is 1. The van der Waals surface area contributed by atoms with Crippen molar-refractivity contribution < 1.29 is 9.84 Å². The summed E-state index contributed by atoms with van der Waals surface area (Å²) >= 11 is 0. The molecule has 0 saturated carbocycles. The lowest BCUT2D eigenvalue weighted by Gasteiger charge is -2.27. The molecule has 0 radical (unpaired) electrons. The molecule has 0 aromatic heterocycles. The highest BCUT2D eigenvalue weighted by atomic mass is 127. The second kappa shape index (κ2) is 8.96. The summed E-state index contributed by atoms with van der Waals surface area (Å²) in [6.07, 6.45) is 3.65. The Morgan fingerprint density at radius 3 is 2.71 bits per heavy atom. The summed E-state index contributed by atoms with van der Waals surface area (Å²) in [7, 11) is 0. The highest BCUT2D eigenvalue weighted by molar-refractivity contribution is 14.0. The number of phenols is 1. The fraction of sp³-hybridized carbons (Fsp3) is 0.533. The molecule has 1 aliphatic rings. The topological polar surface area (TPSA) is 71.1 Å². The van der Waals surface area contributed by atoms with Gasteiger partial charge < -0.3 is 20.5 Å². The number of likely N-dealkylation sites (tertiary alicyclic amines) is 1. The number of nitrogens with two attached hydrogens (primary N) is 1. The Hall–Kier alpha value is -1.18. The Morgan fingerprint density at radius 1 is 1.33 bits per heavy atom. The predicted molar refractivity (Wildman–Crippen MR) is 95.4 cm³/mol. The van der Waals surface area contributed by atoms with Gasteiger partial charge >= 0.3 is 0 Å². The lowest BCUT2D eigenvalue weighted by atomic mass is 10.1. The van der Waals surface area contributed by atoms with E-state index in [-0.39, 0.29) is 29.7 Å². The van der Waals surface area contributed by atoms with Gasteiger partial charge in [0.25, 0.3) is 0 Å². The lowest BCUT2D eigenvalue weighted by Crippen LogP contribution is -2.40. The molecule has 0 aliphatic carbocycles. The molecule has 1 saturated heterocycles. The van der Waals surface area contributed by atoms with Crippen LogP contribution in [0.2, 0.25) is 0 Å². The number of aromatic hydroxyl groups is 1. The maximum Gasteiger partial charge on any atom is 0.191 e. The quantitative estimate of drug-likeness (QED) is 0.459. The van der Waals surface area contributed by atoms with Crippen molar-refractivity contribution in [2.75, 3.05) is 19.7 Å². The standard InChI is InChI=1S/C15H23N3O2.HI/c1-2-20-14-10-12(6-7-13(14)19)11-17-15(16)18-8-4-3-5-9-18;/h6-7,10,19H,2-5,8-9,11H2,1H3,(H2,16,17);1H. The first-order chi connectivity index (χ1) is 9.70. The molecule has 0 unspecified atom stereocenters. The highest BCUT2D eigenvalue weighted by Crippen LogP contribution is 2.27. The van der Waals surface area contributed by atoms with Crippen LogP contribution in [0.25, 0.3) is 0 Å². The van der Waals surface area contributed by atoms with E-state index in [1.54, 1.807) is 6.07 Å². The highest BCUT2D eigenvalue weighted by Gasteiger charge is 2.11.